The summed E-state index contributed by atoms with van der Waals surface area (Å²) in [7, 11) is 1.78. The van der Waals surface area contributed by atoms with Crippen LogP contribution in [0.3, 0.4) is 0 Å². The molecule has 3 fully saturated rings. The van der Waals surface area contributed by atoms with Gasteiger partial charge in [0.05, 0.1) is 23.4 Å². The van der Waals surface area contributed by atoms with Crippen LogP contribution in [0.25, 0.3) is 10.9 Å². The summed E-state index contributed by atoms with van der Waals surface area (Å²) in [5.41, 5.74) is 3.35. The third kappa shape index (κ3) is 9.47. The summed E-state index contributed by atoms with van der Waals surface area (Å²) < 4.78 is 13.9. The number of benzene rings is 3. The highest BCUT2D eigenvalue weighted by Crippen LogP contribution is 2.31. The molecule has 3 aromatic carbocycles. The predicted octanol–water partition coefficient (Wildman–Crippen LogP) is 4.63. The summed E-state index contributed by atoms with van der Waals surface area (Å²) in [5, 5.41) is 32.4. The van der Waals surface area contributed by atoms with Gasteiger partial charge < -0.3 is 40.2 Å². The van der Waals surface area contributed by atoms with Crippen LogP contribution in [0.1, 0.15) is 71.2 Å². The summed E-state index contributed by atoms with van der Waals surface area (Å²) in [6.45, 7) is 6.81. The number of aliphatic hydroxyl groups excluding tert-OH is 1. The van der Waals surface area contributed by atoms with E-state index in [2.05, 4.69) is 25.6 Å². The van der Waals surface area contributed by atoms with Gasteiger partial charge in [0.15, 0.2) is 5.69 Å². The van der Waals surface area contributed by atoms with Crippen LogP contribution in [-0.4, -0.2) is 98.7 Å². The second-order valence-electron chi connectivity index (χ2n) is 14.8. The number of aryl methyl sites for hydroxylation is 1. The van der Waals surface area contributed by atoms with Gasteiger partial charge in [-0.2, -0.15) is 5.10 Å². The lowest BCUT2D eigenvalue weighted by atomic mass is 9.86. The Morgan fingerprint density at radius 1 is 1.02 bits per heavy atom. The molecule has 3 aliphatic heterocycles. The highest BCUT2D eigenvalue weighted by Gasteiger charge is 2.37. The van der Waals surface area contributed by atoms with Gasteiger partial charge in [-0.05, 0) is 98.8 Å². The number of nitrogens with zero attached hydrogens (tertiary/aromatic N) is 4. The lowest BCUT2D eigenvalue weighted by molar-refractivity contribution is -0.0336. The number of carbonyl (C=O) groups excluding carboxylic acids is 2. The zero-order valence-electron chi connectivity index (χ0n) is 32.4. The van der Waals surface area contributed by atoms with Crippen molar-refractivity contribution in [3.8, 4) is 11.5 Å². The lowest BCUT2D eigenvalue weighted by Gasteiger charge is -2.43. The lowest BCUT2D eigenvalue weighted by Crippen LogP contribution is -2.52. The van der Waals surface area contributed by atoms with Crippen molar-refractivity contribution in [2.24, 2.45) is 13.0 Å². The summed E-state index contributed by atoms with van der Waals surface area (Å²) >= 11 is 0. The van der Waals surface area contributed by atoms with E-state index in [4.69, 9.17) is 9.47 Å². The normalized spacial score (nSPS) is 18.5. The standard InChI is InChI=1S/C43H51N7O7/c1-3-50(20-8-19-44-25-37(52)33-13-15-36(51)41-34(33)14-16-39(53)45-41)42(54)35-24-31(48(2)47-35)27-56-32-12-7-11-30(23-32)40(29-9-5-4-6-10-29)46-43(55)57-38-26-49-21-17-28(38)18-22-49/h4-7,9-16,23-24,28,37-38,40,44,51-52H,3,8,17-22,25-27H2,1-2H3,(H,45,53)(H,46,55)/t37?,38?,40-/m0/s1. The number of fused-ring (bicyclic) bond motifs is 4. The van der Waals surface area contributed by atoms with Crippen molar-refractivity contribution < 1.29 is 29.3 Å². The molecule has 3 saturated heterocycles. The Bertz CT molecular complexity index is 2220. The van der Waals surface area contributed by atoms with E-state index in [1.165, 1.54) is 12.1 Å². The second-order valence-corrected chi connectivity index (χ2v) is 14.8. The molecule has 2 aromatic heterocycles. The van der Waals surface area contributed by atoms with Crippen LogP contribution in [0.5, 0.6) is 11.5 Å². The number of phenolic OH excluding ortho intramolecular Hbond substituents is 1. The Labute approximate surface area is 331 Å². The van der Waals surface area contributed by atoms with Crippen LogP contribution in [0.2, 0.25) is 0 Å². The largest absolute Gasteiger partial charge is 0.506 e. The van der Waals surface area contributed by atoms with Crippen molar-refractivity contribution in [3.05, 3.63) is 123 Å². The van der Waals surface area contributed by atoms with Crippen LogP contribution < -0.4 is 20.9 Å². The molecule has 5 aromatic rings. The minimum atomic E-state index is -0.870. The topological polar surface area (TPSA) is 174 Å². The van der Waals surface area contributed by atoms with Crippen molar-refractivity contribution in [3.63, 3.8) is 0 Å². The molecule has 3 atom stereocenters. The van der Waals surface area contributed by atoms with Crippen molar-refractivity contribution >= 4 is 22.9 Å². The van der Waals surface area contributed by atoms with E-state index >= 15 is 0 Å². The predicted molar refractivity (Wildman–Crippen MR) is 215 cm³/mol. The SMILES string of the molecule is CCN(CCCNCC(O)c1ccc(O)c2[nH]c(=O)ccc12)C(=O)c1cc(COc2cccc([C@@H](NC(=O)OC3CN4CCC3CC4)c3ccccc3)c2)n(C)n1. The summed E-state index contributed by atoms with van der Waals surface area (Å²) in [4.78, 5) is 45.2. The van der Waals surface area contributed by atoms with E-state index in [1.54, 1.807) is 34.8 Å². The van der Waals surface area contributed by atoms with Gasteiger partial charge in [0.2, 0.25) is 5.56 Å². The van der Waals surface area contributed by atoms with E-state index in [0.29, 0.717) is 54.4 Å². The zero-order chi connectivity index (χ0) is 39.9. The number of phenols is 1. The van der Waals surface area contributed by atoms with Crippen molar-refractivity contribution in [1.82, 2.24) is 35.2 Å². The molecule has 14 heteroatoms. The Kier molecular flexibility index (Phi) is 12.5. The molecular formula is C43H51N7O7. The van der Waals surface area contributed by atoms with Gasteiger partial charge in [-0.3, -0.25) is 19.2 Å². The molecule has 2 unspecified atom stereocenters. The molecule has 5 N–H and O–H groups in total. The number of hydrogen-bond acceptors (Lipinski definition) is 10. The number of aromatic nitrogens is 3. The molecule has 0 spiro atoms. The van der Waals surface area contributed by atoms with Gasteiger partial charge in [0.1, 0.15) is 24.2 Å². The second kappa shape index (κ2) is 18.0. The number of rotatable bonds is 16. The third-order valence-electron chi connectivity index (χ3n) is 11.1. The smallest absolute Gasteiger partial charge is 0.408 e. The molecule has 14 nitrogen and oxygen atoms in total. The van der Waals surface area contributed by atoms with E-state index < -0.39 is 18.2 Å². The third-order valence-corrected chi connectivity index (χ3v) is 11.1. The van der Waals surface area contributed by atoms with Crippen LogP contribution in [-0.2, 0) is 18.4 Å². The number of ether oxygens (including phenoxy) is 2. The molecule has 8 rings (SSSR count). The molecule has 57 heavy (non-hydrogen) atoms. The van der Waals surface area contributed by atoms with Gasteiger partial charge >= 0.3 is 6.09 Å². The first-order chi connectivity index (χ1) is 27.7. The maximum Gasteiger partial charge on any atom is 0.408 e. The molecule has 5 heterocycles. The number of aromatic amines is 1. The minimum absolute atomic E-state index is 0.0604. The average molecular weight is 778 g/mol. The van der Waals surface area contributed by atoms with Gasteiger partial charge in [-0.25, -0.2) is 4.79 Å². The zero-order valence-corrected chi connectivity index (χ0v) is 32.4. The van der Waals surface area contributed by atoms with Gasteiger partial charge in [-0.1, -0.05) is 48.5 Å². The number of amides is 2. The van der Waals surface area contributed by atoms with Crippen LogP contribution >= 0.6 is 0 Å². The number of aromatic hydroxyl groups is 1. The highest BCUT2D eigenvalue weighted by atomic mass is 16.6. The first-order valence-electron chi connectivity index (χ1n) is 19.7. The fraction of sp³-hybridized carbons (Fsp3) is 0.395. The quantitative estimate of drug-likeness (QED) is 0.0890. The van der Waals surface area contributed by atoms with Crippen molar-refractivity contribution in [2.75, 3.05) is 45.8 Å². The molecule has 0 radical (unpaired) electrons. The Hall–Kier alpha value is -5.70. The molecule has 0 saturated carbocycles. The van der Waals surface area contributed by atoms with E-state index in [-0.39, 0.29) is 42.0 Å². The van der Waals surface area contributed by atoms with Crippen LogP contribution in [0.15, 0.2) is 89.7 Å². The Balaban J connectivity index is 0.920. The van der Waals surface area contributed by atoms with Gasteiger partial charge in [-0.15, -0.1) is 0 Å². The molecular weight excluding hydrogens is 727 g/mol. The number of H-pyrrole nitrogens is 1. The maximum atomic E-state index is 13.5. The maximum absolute atomic E-state index is 13.5. The molecule has 3 aliphatic rings. The fourth-order valence-corrected chi connectivity index (χ4v) is 7.88. The number of carbonyl (C=O) groups is 2. The fourth-order valence-electron chi connectivity index (χ4n) is 7.88. The number of pyridine rings is 1. The average Bonchev–Trinajstić information content (AvgIpc) is 3.61. The first-order valence-corrected chi connectivity index (χ1v) is 19.7. The van der Waals surface area contributed by atoms with E-state index in [0.717, 1.165) is 49.3 Å². The number of piperidine rings is 3. The summed E-state index contributed by atoms with van der Waals surface area (Å²) in [6.07, 6.45) is 1.36. The van der Waals surface area contributed by atoms with E-state index in [9.17, 15) is 24.6 Å². The highest BCUT2D eigenvalue weighted by molar-refractivity contribution is 5.92. The number of aliphatic hydroxyl groups is 1. The molecule has 2 bridgehead atoms. The minimum Gasteiger partial charge on any atom is -0.506 e. The number of nitrogens with one attached hydrogen (secondary N) is 3. The molecule has 0 aliphatic carbocycles. The Morgan fingerprint density at radius 2 is 1.81 bits per heavy atom. The first kappa shape index (κ1) is 39.5. The van der Waals surface area contributed by atoms with Crippen molar-refractivity contribution in [2.45, 2.75) is 51.0 Å². The molecule has 2 amide bonds. The molecule has 300 valence electrons. The summed E-state index contributed by atoms with van der Waals surface area (Å²) in [6, 6.07) is 24.8. The van der Waals surface area contributed by atoms with Crippen molar-refractivity contribution in [1.29, 1.82) is 0 Å². The van der Waals surface area contributed by atoms with Crippen LogP contribution in [0.4, 0.5) is 4.79 Å². The number of hydrogen-bond donors (Lipinski definition) is 5. The summed E-state index contributed by atoms with van der Waals surface area (Å²) in [5.74, 6) is 0.769. The number of alkyl carbamates (subject to hydrolysis) is 1. The van der Waals surface area contributed by atoms with Gasteiger partial charge in [0, 0.05) is 44.7 Å². The van der Waals surface area contributed by atoms with E-state index in [1.807, 2.05) is 61.5 Å². The van der Waals surface area contributed by atoms with Crippen LogP contribution in [0, 0.1) is 5.92 Å². The monoisotopic (exact) mass is 777 g/mol. The Morgan fingerprint density at radius 3 is 2.56 bits per heavy atom. The van der Waals surface area contributed by atoms with Gasteiger partial charge in [0.25, 0.3) is 5.91 Å².